The number of para-hydroxylation sites is 2. The Morgan fingerprint density at radius 2 is 1.90 bits per heavy atom. The molecule has 1 aromatic heterocycles. The van der Waals surface area contributed by atoms with Gasteiger partial charge in [-0.05, 0) is 56.9 Å². The molecule has 1 heterocycles. The number of rotatable bonds is 5. The van der Waals surface area contributed by atoms with Crippen LogP contribution in [-0.4, -0.2) is 20.1 Å². The highest BCUT2D eigenvalue weighted by Gasteiger charge is 2.23. The number of carbonyl (C=O) groups excluding carboxylic acids is 1. The van der Waals surface area contributed by atoms with Gasteiger partial charge >= 0.3 is 0 Å². The summed E-state index contributed by atoms with van der Waals surface area (Å²) in [5.41, 5.74) is 5.54. The number of hydrogen-bond acceptors (Lipinski definition) is 4. The first-order valence-electron chi connectivity index (χ1n) is 10.3. The summed E-state index contributed by atoms with van der Waals surface area (Å²) in [4.78, 5) is 12.7. The van der Waals surface area contributed by atoms with E-state index in [1.165, 1.54) is 12.0 Å². The van der Waals surface area contributed by atoms with Gasteiger partial charge in [0.15, 0.2) is 0 Å². The minimum absolute atomic E-state index is 0.217. The van der Waals surface area contributed by atoms with Gasteiger partial charge in [0.1, 0.15) is 22.8 Å². The van der Waals surface area contributed by atoms with E-state index in [1.807, 2.05) is 38.1 Å². The molecule has 0 aliphatic heterocycles. The van der Waals surface area contributed by atoms with Crippen molar-refractivity contribution in [3.05, 3.63) is 58.9 Å². The van der Waals surface area contributed by atoms with Gasteiger partial charge in [-0.2, -0.15) is 0 Å². The molecule has 0 fully saturated rings. The lowest BCUT2D eigenvalue weighted by Crippen LogP contribution is -2.09. The predicted molar refractivity (Wildman–Crippen MR) is 119 cm³/mol. The van der Waals surface area contributed by atoms with Crippen LogP contribution in [0, 0.1) is 6.92 Å². The van der Waals surface area contributed by atoms with E-state index in [4.69, 9.17) is 13.9 Å². The molecule has 2 aromatic carbocycles. The third-order valence-corrected chi connectivity index (χ3v) is 5.77. The Balaban J connectivity index is 1.73. The molecular weight excluding hydrogens is 378 g/mol. The van der Waals surface area contributed by atoms with E-state index in [9.17, 15) is 4.79 Å². The van der Waals surface area contributed by atoms with Gasteiger partial charge in [-0.25, -0.2) is 0 Å². The van der Waals surface area contributed by atoms with Gasteiger partial charge in [-0.3, -0.25) is 4.79 Å². The number of aryl methyl sites for hydroxylation is 3. The molecule has 0 atom stereocenters. The SMILES string of the molecule is COc1ccccc1NC(=O)/C=C(\C)c1cc2c3c(oc2c(C)c1OC)CCCC3. The highest BCUT2D eigenvalue weighted by molar-refractivity contribution is 6.05. The highest BCUT2D eigenvalue weighted by atomic mass is 16.5. The zero-order valence-corrected chi connectivity index (χ0v) is 17.9. The minimum atomic E-state index is -0.217. The summed E-state index contributed by atoms with van der Waals surface area (Å²) in [5, 5.41) is 4.03. The second-order valence-electron chi connectivity index (χ2n) is 7.69. The van der Waals surface area contributed by atoms with Crippen molar-refractivity contribution in [3.63, 3.8) is 0 Å². The van der Waals surface area contributed by atoms with Crippen molar-refractivity contribution in [1.29, 1.82) is 0 Å². The lowest BCUT2D eigenvalue weighted by atomic mass is 9.93. The molecule has 0 bridgehead atoms. The van der Waals surface area contributed by atoms with Crippen LogP contribution in [0.3, 0.4) is 0 Å². The number of methoxy groups -OCH3 is 2. The van der Waals surface area contributed by atoms with Crippen molar-refractivity contribution in [2.75, 3.05) is 19.5 Å². The van der Waals surface area contributed by atoms with Crippen molar-refractivity contribution in [2.45, 2.75) is 39.5 Å². The highest BCUT2D eigenvalue weighted by Crippen LogP contribution is 2.41. The first-order chi connectivity index (χ1) is 14.5. The third kappa shape index (κ3) is 3.56. The molecule has 1 N–H and O–H groups in total. The largest absolute Gasteiger partial charge is 0.496 e. The lowest BCUT2D eigenvalue weighted by molar-refractivity contribution is -0.111. The molecule has 0 unspecified atom stereocenters. The zero-order valence-electron chi connectivity index (χ0n) is 17.9. The maximum absolute atomic E-state index is 12.7. The molecule has 5 heteroatoms. The number of carbonyl (C=O) groups is 1. The summed E-state index contributed by atoms with van der Waals surface area (Å²) in [6, 6.07) is 9.46. The van der Waals surface area contributed by atoms with Crippen molar-refractivity contribution in [3.8, 4) is 11.5 Å². The second kappa shape index (κ2) is 8.27. The molecule has 156 valence electrons. The van der Waals surface area contributed by atoms with Crippen molar-refractivity contribution >= 4 is 28.1 Å². The van der Waals surface area contributed by atoms with Gasteiger partial charge in [0.2, 0.25) is 5.91 Å². The summed E-state index contributed by atoms with van der Waals surface area (Å²) in [6.07, 6.45) is 5.96. The Kier molecular flexibility index (Phi) is 5.53. The number of allylic oxidation sites excluding steroid dienone is 1. The Labute approximate surface area is 176 Å². The van der Waals surface area contributed by atoms with Crippen molar-refractivity contribution < 1.29 is 18.7 Å². The van der Waals surface area contributed by atoms with Crippen molar-refractivity contribution in [2.24, 2.45) is 0 Å². The van der Waals surface area contributed by atoms with Crippen LogP contribution >= 0.6 is 0 Å². The van der Waals surface area contributed by atoms with E-state index in [2.05, 4.69) is 11.4 Å². The number of fused-ring (bicyclic) bond motifs is 3. The van der Waals surface area contributed by atoms with Crippen LogP contribution < -0.4 is 14.8 Å². The summed E-state index contributed by atoms with van der Waals surface area (Å²) in [6.45, 7) is 3.94. The Bertz CT molecular complexity index is 1140. The number of benzene rings is 2. The van der Waals surface area contributed by atoms with Gasteiger partial charge < -0.3 is 19.2 Å². The number of nitrogens with one attached hydrogen (secondary N) is 1. The van der Waals surface area contributed by atoms with Gasteiger partial charge in [0.05, 0.1) is 19.9 Å². The van der Waals surface area contributed by atoms with E-state index >= 15 is 0 Å². The number of hydrogen-bond donors (Lipinski definition) is 1. The van der Waals surface area contributed by atoms with Crippen LogP contribution in [-0.2, 0) is 17.6 Å². The van der Waals surface area contributed by atoms with Gasteiger partial charge in [0.25, 0.3) is 0 Å². The maximum atomic E-state index is 12.7. The summed E-state index contributed by atoms with van der Waals surface area (Å²) in [7, 11) is 3.24. The quantitative estimate of drug-likeness (QED) is 0.555. The molecule has 3 aromatic rings. The van der Waals surface area contributed by atoms with Crippen LogP contribution in [0.2, 0.25) is 0 Å². The van der Waals surface area contributed by atoms with E-state index in [0.29, 0.717) is 11.4 Å². The molecule has 1 amide bonds. The third-order valence-electron chi connectivity index (χ3n) is 5.77. The van der Waals surface area contributed by atoms with Gasteiger partial charge in [-0.15, -0.1) is 0 Å². The van der Waals surface area contributed by atoms with Gasteiger partial charge in [0, 0.05) is 34.6 Å². The average molecular weight is 405 g/mol. The van der Waals surface area contributed by atoms with Crippen LogP contribution in [0.1, 0.15) is 42.2 Å². The second-order valence-corrected chi connectivity index (χ2v) is 7.69. The van der Waals surface area contributed by atoms with Gasteiger partial charge in [-0.1, -0.05) is 12.1 Å². The van der Waals surface area contributed by atoms with Crippen LogP contribution in [0.15, 0.2) is 40.8 Å². The monoisotopic (exact) mass is 405 g/mol. The molecule has 4 rings (SSSR count). The van der Waals surface area contributed by atoms with Crippen LogP contribution in [0.5, 0.6) is 11.5 Å². The standard InChI is InChI=1S/C25H27NO4/c1-15(13-23(27)26-20-10-6-8-12-22(20)28-3)18-14-19-17-9-5-7-11-21(17)30-25(19)16(2)24(18)29-4/h6,8,10,12-14H,5,7,9,11H2,1-4H3,(H,26,27)/b15-13+. The Morgan fingerprint density at radius 3 is 2.67 bits per heavy atom. The van der Waals surface area contributed by atoms with E-state index in [1.54, 1.807) is 20.3 Å². The molecule has 5 nitrogen and oxygen atoms in total. The average Bonchev–Trinajstić information content (AvgIpc) is 3.13. The fraction of sp³-hybridized carbons (Fsp3) is 0.320. The van der Waals surface area contributed by atoms with E-state index in [-0.39, 0.29) is 5.91 Å². The molecule has 30 heavy (non-hydrogen) atoms. The summed E-state index contributed by atoms with van der Waals surface area (Å²) in [5.74, 6) is 2.24. The number of anilines is 1. The van der Waals surface area contributed by atoms with Crippen LogP contribution in [0.4, 0.5) is 5.69 Å². The normalized spacial score (nSPS) is 13.8. The Morgan fingerprint density at radius 1 is 1.13 bits per heavy atom. The summed E-state index contributed by atoms with van der Waals surface area (Å²) >= 11 is 0. The first-order valence-corrected chi connectivity index (χ1v) is 10.3. The fourth-order valence-electron chi connectivity index (χ4n) is 4.28. The topological polar surface area (TPSA) is 60.7 Å². The lowest BCUT2D eigenvalue weighted by Gasteiger charge is -2.14. The minimum Gasteiger partial charge on any atom is -0.496 e. The number of ether oxygens (including phenoxy) is 2. The summed E-state index contributed by atoms with van der Waals surface area (Å²) < 4.78 is 17.2. The molecule has 1 aliphatic rings. The van der Waals surface area contributed by atoms with Crippen LogP contribution in [0.25, 0.3) is 16.5 Å². The number of amides is 1. The molecular formula is C25H27NO4. The van der Waals surface area contributed by atoms with E-state index in [0.717, 1.165) is 58.4 Å². The number of furan rings is 1. The molecule has 1 aliphatic carbocycles. The first kappa shape index (κ1) is 20.1. The smallest absolute Gasteiger partial charge is 0.248 e. The molecule has 0 spiro atoms. The molecule has 0 radical (unpaired) electrons. The Hall–Kier alpha value is -3.21. The fourth-order valence-corrected chi connectivity index (χ4v) is 4.28. The van der Waals surface area contributed by atoms with Crippen molar-refractivity contribution in [1.82, 2.24) is 0 Å². The molecule has 0 saturated heterocycles. The maximum Gasteiger partial charge on any atom is 0.248 e. The predicted octanol–water partition coefficient (Wildman–Crippen LogP) is 5.68. The zero-order chi connectivity index (χ0) is 21.3. The molecule has 0 saturated carbocycles. The van der Waals surface area contributed by atoms with E-state index < -0.39 is 0 Å².